The number of hydrogen-bond acceptors (Lipinski definition) is 3. The first kappa shape index (κ1) is 22.6. The minimum atomic E-state index is -0.0859. The van der Waals surface area contributed by atoms with Crippen molar-refractivity contribution in [2.45, 2.75) is 39.7 Å². The van der Waals surface area contributed by atoms with Crippen LogP contribution in [0.4, 0.5) is 10.5 Å². The molecule has 0 saturated heterocycles. The molecule has 5 heteroatoms. The molecule has 0 N–H and O–H groups in total. The van der Waals surface area contributed by atoms with Crippen LogP contribution in [0, 0.1) is 5.92 Å². The number of urea groups is 1. The third-order valence-electron chi connectivity index (χ3n) is 5.17. The van der Waals surface area contributed by atoms with E-state index in [1.54, 1.807) is 24.0 Å². The molecule has 0 saturated carbocycles. The van der Waals surface area contributed by atoms with Gasteiger partial charge in [-0.1, -0.05) is 44.2 Å². The van der Waals surface area contributed by atoms with Crippen LogP contribution in [0.5, 0.6) is 11.5 Å². The van der Waals surface area contributed by atoms with E-state index in [0.717, 1.165) is 24.1 Å². The lowest BCUT2D eigenvalue weighted by Gasteiger charge is -2.30. The van der Waals surface area contributed by atoms with Gasteiger partial charge >= 0.3 is 6.03 Å². The van der Waals surface area contributed by atoms with Crippen LogP contribution in [-0.4, -0.2) is 38.7 Å². The summed E-state index contributed by atoms with van der Waals surface area (Å²) >= 11 is 0. The summed E-state index contributed by atoms with van der Waals surface area (Å²) in [6.45, 7) is 7.06. The first-order valence-electron chi connectivity index (χ1n) is 10.2. The van der Waals surface area contributed by atoms with Crippen LogP contribution in [0.3, 0.4) is 0 Å². The van der Waals surface area contributed by atoms with Crippen LogP contribution < -0.4 is 14.4 Å². The Labute approximate surface area is 175 Å². The molecule has 0 aliphatic rings. The number of nitrogens with zero attached hydrogens (tertiary/aromatic N) is 2. The minimum absolute atomic E-state index is 0.0313. The summed E-state index contributed by atoms with van der Waals surface area (Å²) in [6, 6.07) is 15.5. The first-order chi connectivity index (χ1) is 13.8. The minimum Gasteiger partial charge on any atom is -0.493 e. The predicted molar refractivity (Wildman–Crippen MR) is 119 cm³/mol. The number of ether oxygens (including phenoxy) is 2. The summed E-state index contributed by atoms with van der Waals surface area (Å²) in [5.41, 5.74) is 1.86. The van der Waals surface area contributed by atoms with Crippen molar-refractivity contribution in [3.05, 3.63) is 54.1 Å². The van der Waals surface area contributed by atoms with E-state index < -0.39 is 0 Å². The van der Waals surface area contributed by atoms with Crippen LogP contribution in [0.25, 0.3) is 0 Å². The Bertz CT molecular complexity index is 777. The molecule has 1 atom stereocenters. The highest BCUT2D eigenvalue weighted by Gasteiger charge is 2.22. The molecule has 0 bridgehead atoms. The van der Waals surface area contributed by atoms with Crippen molar-refractivity contribution in [2.24, 2.45) is 5.92 Å². The molecule has 2 aromatic rings. The quantitative estimate of drug-likeness (QED) is 0.504. The lowest BCUT2D eigenvalue weighted by Crippen LogP contribution is -2.40. The molecule has 0 aliphatic heterocycles. The van der Waals surface area contributed by atoms with Crippen molar-refractivity contribution in [2.75, 3.05) is 32.7 Å². The smallest absolute Gasteiger partial charge is 0.324 e. The number of rotatable bonds is 9. The number of anilines is 1. The molecule has 0 heterocycles. The molecular formula is C24H34N2O3. The number of carbonyl (C=O) groups excluding carboxylic acids is 1. The van der Waals surface area contributed by atoms with E-state index in [1.807, 2.05) is 62.5 Å². The summed E-state index contributed by atoms with van der Waals surface area (Å²) in [5, 5.41) is 0. The van der Waals surface area contributed by atoms with E-state index in [9.17, 15) is 4.79 Å². The highest BCUT2D eigenvalue weighted by Crippen LogP contribution is 2.32. The molecular weight excluding hydrogens is 364 g/mol. The van der Waals surface area contributed by atoms with Crippen LogP contribution >= 0.6 is 0 Å². The van der Waals surface area contributed by atoms with Gasteiger partial charge in [0.1, 0.15) is 0 Å². The van der Waals surface area contributed by atoms with Crippen LogP contribution in [0.1, 0.15) is 45.2 Å². The predicted octanol–water partition coefficient (Wildman–Crippen LogP) is 5.76. The van der Waals surface area contributed by atoms with Crippen molar-refractivity contribution in [1.29, 1.82) is 0 Å². The fourth-order valence-corrected chi connectivity index (χ4v) is 3.13. The highest BCUT2D eigenvalue weighted by molar-refractivity contribution is 5.92. The molecule has 2 amide bonds. The first-order valence-corrected chi connectivity index (χ1v) is 10.2. The Morgan fingerprint density at radius 2 is 1.69 bits per heavy atom. The van der Waals surface area contributed by atoms with Gasteiger partial charge in [-0.3, -0.25) is 4.90 Å². The highest BCUT2D eigenvalue weighted by atomic mass is 16.5. The Balaban J connectivity index is 2.11. The molecule has 2 aromatic carbocycles. The number of hydrogen-bond donors (Lipinski definition) is 0. The standard InChI is InChI=1S/C24H34N2O3/c1-18(2)11-10-16-29-23-17-21(14-15-22(23)28-6)26(5)24(27)25(4)19(3)20-12-8-7-9-13-20/h7-9,12-15,17-19H,10-11,16H2,1-6H3/t19-/m0/s1. The average Bonchev–Trinajstić information content (AvgIpc) is 2.74. The van der Waals surface area contributed by atoms with Crippen LogP contribution in [0.15, 0.2) is 48.5 Å². The van der Waals surface area contributed by atoms with E-state index in [4.69, 9.17) is 9.47 Å². The summed E-state index contributed by atoms with van der Waals surface area (Å²) in [7, 11) is 5.23. The van der Waals surface area contributed by atoms with Crippen molar-refractivity contribution in [3.63, 3.8) is 0 Å². The van der Waals surface area contributed by atoms with Gasteiger partial charge in [0, 0.05) is 25.8 Å². The lowest BCUT2D eigenvalue weighted by molar-refractivity contribution is 0.202. The molecule has 158 valence electrons. The SMILES string of the molecule is COc1ccc(N(C)C(=O)N(C)[C@@H](C)c2ccccc2)cc1OCCCC(C)C. The Hall–Kier alpha value is -2.69. The molecule has 0 spiro atoms. The molecule has 0 aromatic heterocycles. The molecule has 0 aliphatic carbocycles. The van der Waals surface area contributed by atoms with Gasteiger partial charge in [0.15, 0.2) is 11.5 Å². The fourth-order valence-electron chi connectivity index (χ4n) is 3.13. The van der Waals surface area contributed by atoms with E-state index in [0.29, 0.717) is 24.0 Å². The van der Waals surface area contributed by atoms with Gasteiger partial charge in [-0.25, -0.2) is 4.79 Å². The third-order valence-corrected chi connectivity index (χ3v) is 5.17. The zero-order valence-corrected chi connectivity index (χ0v) is 18.5. The van der Waals surface area contributed by atoms with Gasteiger partial charge in [-0.15, -0.1) is 0 Å². The Kier molecular flexibility index (Phi) is 8.37. The third kappa shape index (κ3) is 6.14. The number of methoxy groups -OCH3 is 1. The van der Waals surface area contributed by atoms with Gasteiger partial charge in [0.05, 0.1) is 19.8 Å². The molecule has 2 rings (SSSR count). The Morgan fingerprint density at radius 3 is 2.31 bits per heavy atom. The summed E-state index contributed by atoms with van der Waals surface area (Å²) in [5.74, 6) is 1.98. The second kappa shape index (κ2) is 10.7. The van der Waals surface area contributed by atoms with Crippen molar-refractivity contribution >= 4 is 11.7 Å². The van der Waals surface area contributed by atoms with Crippen molar-refractivity contribution in [1.82, 2.24) is 4.90 Å². The van der Waals surface area contributed by atoms with E-state index in [-0.39, 0.29) is 12.1 Å². The van der Waals surface area contributed by atoms with Gasteiger partial charge in [0.25, 0.3) is 0 Å². The lowest BCUT2D eigenvalue weighted by atomic mass is 10.1. The van der Waals surface area contributed by atoms with Gasteiger partial charge in [-0.05, 0) is 43.4 Å². The molecule has 29 heavy (non-hydrogen) atoms. The maximum absolute atomic E-state index is 13.0. The molecule has 0 radical (unpaired) electrons. The molecule has 0 unspecified atom stereocenters. The zero-order chi connectivity index (χ0) is 21.4. The number of carbonyl (C=O) groups is 1. The van der Waals surface area contributed by atoms with E-state index in [2.05, 4.69) is 13.8 Å². The monoisotopic (exact) mass is 398 g/mol. The maximum Gasteiger partial charge on any atom is 0.324 e. The topological polar surface area (TPSA) is 42.0 Å². The normalized spacial score (nSPS) is 11.8. The van der Waals surface area contributed by atoms with Crippen molar-refractivity contribution in [3.8, 4) is 11.5 Å². The Morgan fingerprint density at radius 1 is 1.00 bits per heavy atom. The largest absolute Gasteiger partial charge is 0.493 e. The van der Waals surface area contributed by atoms with Crippen molar-refractivity contribution < 1.29 is 14.3 Å². The zero-order valence-electron chi connectivity index (χ0n) is 18.5. The fraction of sp³-hybridized carbons (Fsp3) is 0.458. The second-order valence-electron chi connectivity index (χ2n) is 7.76. The summed E-state index contributed by atoms with van der Waals surface area (Å²) in [6.07, 6.45) is 2.10. The number of amides is 2. The van der Waals surface area contributed by atoms with Gasteiger partial charge in [0.2, 0.25) is 0 Å². The summed E-state index contributed by atoms with van der Waals surface area (Å²) < 4.78 is 11.4. The number of benzene rings is 2. The second-order valence-corrected chi connectivity index (χ2v) is 7.76. The van der Waals surface area contributed by atoms with Gasteiger partial charge in [-0.2, -0.15) is 0 Å². The van der Waals surface area contributed by atoms with Gasteiger partial charge < -0.3 is 14.4 Å². The van der Waals surface area contributed by atoms with E-state index in [1.165, 1.54) is 0 Å². The van der Waals surface area contributed by atoms with Crippen LogP contribution in [-0.2, 0) is 0 Å². The molecule has 5 nitrogen and oxygen atoms in total. The average molecular weight is 399 g/mol. The van der Waals surface area contributed by atoms with Crippen LogP contribution in [0.2, 0.25) is 0 Å². The maximum atomic E-state index is 13.0. The van der Waals surface area contributed by atoms with E-state index >= 15 is 0 Å². The summed E-state index contributed by atoms with van der Waals surface area (Å²) in [4.78, 5) is 16.4. The molecule has 0 fully saturated rings.